The van der Waals surface area contributed by atoms with Crippen LogP contribution in [0.3, 0.4) is 0 Å². The molecule has 2 aromatic rings. The van der Waals surface area contributed by atoms with Crippen LogP contribution in [0.2, 0.25) is 5.02 Å². The van der Waals surface area contributed by atoms with E-state index in [0.717, 1.165) is 6.08 Å². The predicted octanol–water partition coefficient (Wildman–Crippen LogP) is 3.76. The molecule has 0 atom stereocenters. The van der Waals surface area contributed by atoms with Crippen LogP contribution in [0.1, 0.15) is 5.56 Å². The lowest BCUT2D eigenvalue weighted by atomic mass is 10.2. The summed E-state index contributed by atoms with van der Waals surface area (Å²) in [6.07, 6.45) is 3.71. The Morgan fingerprint density at radius 2 is 2.15 bits per heavy atom. The van der Waals surface area contributed by atoms with E-state index < -0.39 is 11.8 Å². The monoisotopic (exact) mass is 293 g/mol. The van der Waals surface area contributed by atoms with Crippen molar-refractivity contribution in [3.05, 3.63) is 59.0 Å². The molecule has 0 aliphatic rings. The van der Waals surface area contributed by atoms with Crippen LogP contribution < -0.4 is 4.74 Å². The number of nitrogens with zero attached hydrogens (tertiary/aromatic N) is 1. The van der Waals surface area contributed by atoms with Gasteiger partial charge in [-0.3, -0.25) is 0 Å². The molecule has 0 aliphatic carbocycles. The molecule has 20 heavy (non-hydrogen) atoms. The summed E-state index contributed by atoms with van der Waals surface area (Å²) in [6.45, 7) is 0. The summed E-state index contributed by atoms with van der Waals surface area (Å²) >= 11 is 5.66. The third kappa shape index (κ3) is 3.33. The number of aliphatic carboxylic acids is 1. The van der Waals surface area contributed by atoms with Crippen LogP contribution in [0.25, 0.3) is 6.08 Å². The maximum Gasteiger partial charge on any atom is 0.328 e. The number of hydrogen-bond acceptors (Lipinski definition) is 3. The van der Waals surface area contributed by atoms with Gasteiger partial charge in [-0.2, -0.15) is 0 Å². The van der Waals surface area contributed by atoms with Gasteiger partial charge in [0.25, 0.3) is 0 Å². The van der Waals surface area contributed by atoms with Crippen LogP contribution >= 0.6 is 11.6 Å². The fraction of sp³-hybridized carbons (Fsp3) is 0. The molecule has 0 saturated heterocycles. The smallest absolute Gasteiger partial charge is 0.328 e. The molecular formula is C14H9ClFNO3. The summed E-state index contributed by atoms with van der Waals surface area (Å²) in [5.41, 5.74) is 0.411. The summed E-state index contributed by atoms with van der Waals surface area (Å²) in [4.78, 5) is 14.5. The highest BCUT2D eigenvalue weighted by molar-refractivity contribution is 6.30. The second-order valence-corrected chi connectivity index (χ2v) is 4.13. The Balaban J connectivity index is 2.34. The Hall–Kier alpha value is -2.40. The summed E-state index contributed by atoms with van der Waals surface area (Å²) in [7, 11) is 0. The molecule has 0 amide bonds. The molecule has 0 spiro atoms. The van der Waals surface area contributed by atoms with E-state index in [0.29, 0.717) is 5.56 Å². The molecule has 2 rings (SSSR count). The molecular weight excluding hydrogens is 285 g/mol. The van der Waals surface area contributed by atoms with Gasteiger partial charge in [-0.05, 0) is 30.3 Å². The Morgan fingerprint density at radius 1 is 1.35 bits per heavy atom. The lowest BCUT2D eigenvalue weighted by molar-refractivity contribution is -0.131. The van der Waals surface area contributed by atoms with Gasteiger partial charge in [0.05, 0.1) is 5.02 Å². The molecule has 0 unspecified atom stereocenters. The quantitative estimate of drug-likeness (QED) is 0.872. The number of ether oxygens (including phenoxy) is 1. The fourth-order valence-electron chi connectivity index (χ4n) is 1.44. The normalized spacial score (nSPS) is 10.7. The number of aromatic nitrogens is 1. The summed E-state index contributed by atoms with van der Waals surface area (Å²) in [6, 6.07) is 7.55. The van der Waals surface area contributed by atoms with Gasteiger partial charge in [-0.1, -0.05) is 17.7 Å². The Labute approximate surface area is 119 Å². The number of benzene rings is 1. The van der Waals surface area contributed by atoms with Crippen molar-refractivity contribution in [1.82, 2.24) is 4.98 Å². The molecule has 1 aromatic heterocycles. The maximum absolute atomic E-state index is 13.7. The number of carboxylic acids is 1. The molecule has 102 valence electrons. The average Bonchev–Trinajstić information content (AvgIpc) is 2.43. The molecule has 0 radical (unpaired) electrons. The van der Waals surface area contributed by atoms with E-state index in [1.165, 1.54) is 30.5 Å². The van der Waals surface area contributed by atoms with E-state index in [2.05, 4.69) is 4.98 Å². The summed E-state index contributed by atoms with van der Waals surface area (Å²) in [5, 5.41) is 8.54. The van der Waals surface area contributed by atoms with Crippen LogP contribution in [0.5, 0.6) is 11.6 Å². The second-order valence-electron chi connectivity index (χ2n) is 3.72. The van der Waals surface area contributed by atoms with Crippen molar-refractivity contribution in [3.63, 3.8) is 0 Å². The first-order chi connectivity index (χ1) is 9.58. The fourth-order valence-corrected chi connectivity index (χ4v) is 1.61. The van der Waals surface area contributed by atoms with E-state index in [4.69, 9.17) is 21.4 Å². The van der Waals surface area contributed by atoms with Crippen LogP contribution in [0.15, 0.2) is 42.6 Å². The number of halogens is 2. The van der Waals surface area contributed by atoms with Gasteiger partial charge in [0.15, 0.2) is 11.6 Å². The van der Waals surface area contributed by atoms with Crippen molar-refractivity contribution in [3.8, 4) is 11.6 Å². The number of rotatable bonds is 4. The minimum atomic E-state index is -1.10. The van der Waals surface area contributed by atoms with Crippen molar-refractivity contribution >= 4 is 23.6 Å². The van der Waals surface area contributed by atoms with Crippen LogP contribution in [-0.4, -0.2) is 16.1 Å². The van der Waals surface area contributed by atoms with Crippen LogP contribution in [0.4, 0.5) is 4.39 Å². The first-order valence-electron chi connectivity index (χ1n) is 5.56. The number of hydrogen-bond donors (Lipinski definition) is 1. The van der Waals surface area contributed by atoms with E-state index in [1.807, 2.05) is 0 Å². The summed E-state index contributed by atoms with van der Waals surface area (Å²) < 4.78 is 19.1. The second kappa shape index (κ2) is 6.16. The third-order valence-electron chi connectivity index (χ3n) is 2.33. The molecule has 0 fully saturated rings. The van der Waals surface area contributed by atoms with Crippen molar-refractivity contribution in [2.24, 2.45) is 0 Å². The molecule has 1 N–H and O–H groups in total. The molecule has 0 saturated carbocycles. The molecule has 6 heteroatoms. The molecule has 0 aliphatic heterocycles. The van der Waals surface area contributed by atoms with Gasteiger partial charge in [0.1, 0.15) is 0 Å². The lowest BCUT2D eigenvalue weighted by Crippen LogP contribution is -1.94. The minimum absolute atomic E-state index is 0.0685. The highest BCUT2D eigenvalue weighted by atomic mass is 35.5. The van der Waals surface area contributed by atoms with Crippen molar-refractivity contribution < 1.29 is 19.0 Å². The number of pyridine rings is 1. The van der Waals surface area contributed by atoms with Crippen molar-refractivity contribution in [2.75, 3.05) is 0 Å². The largest absolute Gasteiger partial charge is 0.478 e. The highest BCUT2D eigenvalue weighted by Gasteiger charge is 2.11. The van der Waals surface area contributed by atoms with Crippen molar-refractivity contribution in [2.45, 2.75) is 0 Å². The Morgan fingerprint density at radius 3 is 2.90 bits per heavy atom. The zero-order valence-corrected chi connectivity index (χ0v) is 10.8. The average molecular weight is 294 g/mol. The van der Waals surface area contributed by atoms with Gasteiger partial charge >= 0.3 is 5.97 Å². The number of carbonyl (C=O) groups is 1. The lowest BCUT2D eigenvalue weighted by Gasteiger charge is -2.08. The SMILES string of the molecule is O=C(O)/C=C/c1cccnc1Oc1cccc(Cl)c1F. The topological polar surface area (TPSA) is 59.4 Å². The first-order valence-corrected chi connectivity index (χ1v) is 5.93. The van der Waals surface area contributed by atoms with E-state index in [1.54, 1.807) is 12.1 Å². The van der Waals surface area contributed by atoms with E-state index in [9.17, 15) is 9.18 Å². The van der Waals surface area contributed by atoms with E-state index >= 15 is 0 Å². The molecule has 1 heterocycles. The van der Waals surface area contributed by atoms with Gasteiger partial charge < -0.3 is 9.84 Å². The van der Waals surface area contributed by atoms with Gasteiger partial charge in [0.2, 0.25) is 5.88 Å². The van der Waals surface area contributed by atoms with Crippen LogP contribution in [0, 0.1) is 5.82 Å². The molecule has 4 nitrogen and oxygen atoms in total. The van der Waals surface area contributed by atoms with Gasteiger partial charge in [-0.15, -0.1) is 0 Å². The number of carboxylic acid groups (broad SMARTS) is 1. The standard InChI is InChI=1S/C14H9ClFNO3/c15-10-4-1-5-11(13(10)16)20-14-9(3-2-8-17-14)6-7-12(18)19/h1-8H,(H,18,19)/b7-6+. The predicted molar refractivity (Wildman–Crippen MR) is 72.4 cm³/mol. The first kappa shape index (κ1) is 14.0. The zero-order valence-electron chi connectivity index (χ0n) is 10.1. The molecule has 1 aromatic carbocycles. The summed E-state index contributed by atoms with van der Waals surface area (Å²) in [5.74, 6) is -1.80. The Bertz CT molecular complexity index is 673. The van der Waals surface area contributed by atoms with E-state index in [-0.39, 0.29) is 16.7 Å². The van der Waals surface area contributed by atoms with Crippen LogP contribution in [-0.2, 0) is 4.79 Å². The highest BCUT2D eigenvalue weighted by Crippen LogP contribution is 2.29. The third-order valence-corrected chi connectivity index (χ3v) is 2.62. The molecule has 0 bridgehead atoms. The Kier molecular flexibility index (Phi) is 4.32. The van der Waals surface area contributed by atoms with Gasteiger partial charge in [0, 0.05) is 17.8 Å². The zero-order chi connectivity index (χ0) is 14.5. The van der Waals surface area contributed by atoms with Crippen molar-refractivity contribution in [1.29, 1.82) is 0 Å². The minimum Gasteiger partial charge on any atom is -0.478 e. The van der Waals surface area contributed by atoms with Gasteiger partial charge in [-0.25, -0.2) is 14.2 Å². The maximum atomic E-state index is 13.7.